The summed E-state index contributed by atoms with van der Waals surface area (Å²) >= 11 is 5.86. The van der Waals surface area contributed by atoms with E-state index in [-0.39, 0.29) is 0 Å². The summed E-state index contributed by atoms with van der Waals surface area (Å²) < 4.78 is 0. The molecule has 0 saturated heterocycles. The summed E-state index contributed by atoms with van der Waals surface area (Å²) in [5.74, 6) is 1.45. The average molecular weight is 231 g/mol. The lowest BCUT2D eigenvalue weighted by atomic mass is 10.1. The van der Waals surface area contributed by atoms with E-state index in [0.29, 0.717) is 11.0 Å². The number of benzene rings is 1. The lowest BCUT2D eigenvalue weighted by molar-refractivity contribution is 1.12. The summed E-state index contributed by atoms with van der Waals surface area (Å²) in [7, 11) is 0. The van der Waals surface area contributed by atoms with Crippen LogP contribution in [0.25, 0.3) is 11.4 Å². The number of aromatic nitrogens is 2. The Balaban J connectivity index is 2.02. The maximum absolute atomic E-state index is 5.86. The summed E-state index contributed by atoms with van der Waals surface area (Å²) in [5.41, 5.74) is 2.44. The van der Waals surface area contributed by atoms with Crippen LogP contribution in [0.4, 0.5) is 0 Å². The standard InChI is InChI=1S/C13H11ClN2/c14-12-6-7-15-13(16-12)11-3-1-2-10(8-11)9-4-5-9/h1-3,6-9H,4-5H2. The zero-order chi connectivity index (χ0) is 11.0. The molecular weight excluding hydrogens is 220 g/mol. The maximum atomic E-state index is 5.86. The third-order valence-corrected chi connectivity index (χ3v) is 3.03. The third-order valence-electron chi connectivity index (χ3n) is 2.82. The summed E-state index contributed by atoms with van der Waals surface area (Å²) in [6.07, 6.45) is 4.30. The molecule has 2 nitrogen and oxygen atoms in total. The summed E-state index contributed by atoms with van der Waals surface area (Å²) in [5, 5.41) is 0.488. The first-order valence-corrected chi connectivity index (χ1v) is 5.79. The largest absolute Gasteiger partial charge is 0.236 e. The fraction of sp³-hybridized carbons (Fsp3) is 0.231. The van der Waals surface area contributed by atoms with Gasteiger partial charge in [-0.25, -0.2) is 9.97 Å². The molecule has 1 heterocycles. The molecule has 1 aromatic carbocycles. The molecule has 1 aromatic heterocycles. The van der Waals surface area contributed by atoms with Gasteiger partial charge in [0, 0.05) is 11.8 Å². The van der Waals surface area contributed by atoms with Gasteiger partial charge in [0.15, 0.2) is 5.82 Å². The highest BCUT2D eigenvalue weighted by Crippen LogP contribution is 2.40. The average Bonchev–Trinajstić information content (AvgIpc) is 3.13. The SMILES string of the molecule is Clc1ccnc(-c2cccc(C3CC3)c2)n1. The molecule has 16 heavy (non-hydrogen) atoms. The molecule has 3 rings (SSSR count). The first-order chi connectivity index (χ1) is 7.83. The second-order valence-electron chi connectivity index (χ2n) is 4.10. The number of halogens is 1. The van der Waals surface area contributed by atoms with Crippen LogP contribution in [0, 0.1) is 0 Å². The Morgan fingerprint density at radius 3 is 2.81 bits per heavy atom. The van der Waals surface area contributed by atoms with Crippen LogP contribution < -0.4 is 0 Å². The van der Waals surface area contributed by atoms with Crippen molar-refractivity contribution < 1.29 is 0 Å². The first-order valence-electron chi connectivity index (χ1n) is 5.42. The van der Waals surface area contributed by atoms with Gasteiger partial charge in [0.2, 0.25) is 0 Å². The van der Waals surface area contributed by atoms with Gasteiger partial charge < -0.3 is 0 Å². The first kappa shape index (κ1) is 9.79. The Kier molecular flexibility index (Phi) is 2.37. The molecule has 1 aliphatic rings. The minimum Gasteiger partial charge on any atom is -0.236 e. The normalized spacial score (nSPS) is 15.1. The summed E-state index contributed by atoms with van der Waals surface area (Å²) in [6.45, 7) is 0. The minimum absolute atomic E-state index is 0.488. The van der Waals surface area contributed by atoms with Gasteiger partial charge in [-0.15, -0.1) is 0 Å². The van der Waals surface area contributed by atoms with Crippen LogP contribution in [0.1, 0.15) is 24.3 Å². The molecule has 0 spiro atoms. The number of nitrogens with zero attached hydrogens (tertiary/aromatic N) is 2. The van der Waals surface area contributed by atoms with Crippen molar-refractivity contribution in [3.05, 3.63) is 47.2 Å². The van der Waals surface area contributed by atoms with Gasteiger partial charge in [-0.1, -0.05) is 29.8 Å². The monoisotopic (exact) mass is 230 g/mol. The molecular formula is C13H11ClN2. The number of rotatable bonds is 2. The molecule has 3 heteroatoms. The van der Waals surface area contributed by atoms with Gasteiger partial charge in [-0.05, 0) is 36.5 Å². The van der Waals surface area contributed by atoms with Crippen molar-refractivity contribution in [3.8, 4) is 11.4 Å². The van der Waals surface area contributed by atoms with Gasteiger partial charge in [0.05, 0.1) is 0 Å². The Hall–Kier alpha value is -1.41. The lowest BCUT2D eigenvalue weighted by Gasteiger charge is -2.03. The Morgan fingerprint density at radius 1 is 1.19 bits per heavy atom. The smallest absolute Gasteiger partial charge is 0.160 e. The molecule has 0 amide bonds. The molecule has 2 aromatic rings. The predicted molar refractivity (Wildman–Crippen MR) is 64.5 cm³/mol. The van der Waals surface area contributed by atoms with Crippen molar-refractivity contribution in [2.75, 3.05) is 0 Å². The van der Waals surface area contributed by atoms with Crippen molar-refractivity contribution in [2.45, 2.75) is 18.8 Å². The van der Waals surface area contributed by atoms with Crippen LogP contribution in [-0.4, -0.2) is 9.97 Å². The topological polar surface area (TPSA) is 25.8 Å². The van der Waals surface area contributed by atoms with Crippen molar-refractivity contribution in [1.29, 1.82) is 0 Å². The highest BCUT2D eigenvalue weighted by atomic mass is 35.5. The maximum Gasteiger partial charge on any atom is 0.160 e. The van der Waals surface area contributed by atoms with Gasteiger partial charge in [-0.2, -0.15) is 0 Å². The van der Waals surface area contributed by atoms with E-state index in [4.69, 9.17) is 11.6 Å². The molecule has 0 atom stereocenters. The van der Waals surface area contributed by atoms with Crippen molar-refractivity contribution in [1.82, 2.24) is 9.97 Å². The molecule has 0 N–H and O–H groups in total. The second kappa shape index (κ2) is 3.87. The Morgan fingerprint density at radius 2 is 2.06 bits per heavy atom. The van der Waals surface area contributed by atoms with Crippen LogP contribution in [0.3, 0.4) is 0 Å². The Labute approximate surface area is 99.3 Å². The summed E-state index contributed by atoms with van der Waals surface area (Å²) in [4.78, 5) is 8.45. The van der Waals surface area contributed by atoms with E-state index in [1.54, 1.807) is 12.3 Å². The second-order valence-corrected chi connectivity index (χ2v) is 4.49. The predicted octanol–water partition coefficient (Wildman–Crippen LogP) is 3.67. The van der Waals surface area contributed by atoms with E-state index >= 15 is 0 Å². The molecule has 1 aliphatic carbocycles. The molecule has 0 unspecified atom stereocenters. The van der Waals surface area contributed by atoms with Crippen LogP contribution in [0.5, 0.6) is 0 Å². The minimum atomic E-state index is 0.488. The zero-order valence-corrected chi connectivity index (χ0v) is 9.48. The lowest BCUT2D eigenvalue weighted by Crippen LogP contribution is -1.89. The van der Waals surface area contributed by atoms with Crippen molar-refractivity contribution >= 4 is 11.6 Å². The summed E-state index contributed by atoms with van der Waals surface area (Å²) in [6, 6.07) is 10.1. The highest BCUT2D eigenvalue weighted by Gasteiger charge is 2.23. The number of hydrogen-bond acceptors (Lipinski definition) is 2. The van der Waals surface area contributed by atoms with E-state index in [1.807, 2.05) is 6.07 Å². The highest BCUT2D eigenvalue weighted by molar-refractivity contribution is 6.29. The van der Waals surface area contributed by atoms with E-state index in [1.165, 1.54) is 18.4 Å². The van der Waals surface area contributed by atoms with Crippen LogP contribution in [-0.2, 0) is 0 Å². The van der Waals surface area contributed by atoms with Gasteiger partial charge in [0.1, 0.15) is 5.15 Å². The number of hydrogen-bond donors (Lipinski definition) is 0. The zero-order valence-electron chi connectivity index (χ0n) is 8.73. The molecule has 1 saturated carbocycles. The molecule has 80 valence electrons. The van der Waals surface area contributed by atoms with Crippen LogP contribution >= 0.6 is 11.6 Å². The van der Waals surface area contributed by atoms with E-state index in [9.17, 15) is 0 Å². The molecule has 1 fully saturated rings. The fourth-order valence-electron chi connectivity index (χ4n) is 1.82. The molecule has 0 aliphatic heterocycles. The molecule has 0 bridgehead atoms. The van der Waals surface area contributed by atoms with Crippen molar-refractivity contribution in [3.63, 3.8) is 0 Å². The van der Waals surface area contributed by atoms with Crippen molar-refractivity contribution in [2.24, 2.45) is 0 Å². The Bertz CT molecular complexity index is 521. The van der Waals surface area contributed by atoms with Crippen LogP contribution in [0.15, 0.2) is 36.5 Å². The van der Waals surface area contributed by atoms with Gasteiger partial charge >= 0.3 is 0 Å². The fourth-order valence-corrected chi connectivity index (χ4v) is 1.96. The van der Waals surface area contributed by atoms with Gasteiger partial charge in [0.25, 0.3) is 0 Å². The van der Waals surface area contributed by atoms with Crippen LogP contribution in [0.2, 0.25) is 5.15 Å². The third kappa shape index (κ3) is 1.93. The van der Waals surface area contributed by atoms with Gasteiger partial charge in [-0.3, -0.25) is 0 Å². The van der Waals surface area contributed by atoms with E-state index in [0.717, 1.165) is 11.5 Å². The van der Waals surface area contributed by atoms with E-state index in [2.05, 4.69) is 28.2 Å². The molecule has 0 radical (unpaired) electrons. The quantitative estimate of drug-likeness (QED) is 0.736. The van der Waals surface area contributed by atoms with E-state index < -0.39 is 0 Å².